The first-order valence-corrected chi connectivity index (χ1v) is 7.09. The van der Waals surface area contributed by atoms with Gasteiger partial charge in [0, 0.05) is 13.6 Å². The van der Waals surface area contributed by atoms with Crippen LogP contribution in [0.1, 0.15) is 30.9 Å². The maximum absolute atomic E-state index is 11.8. The molecule has 1 aromatic rings. The Balaban J connectivity index is 2.32. The molecule has 0 aliphatic rings. The van der Waals surface area contributed by atoms with E-state index in [-0.39, 0.29) is 18.4 Å². The largest absolute Gasteiger partial charge is 0.347 e. The molecule has 2 amide bonds. The molecule has 1 rings (SSSR count). The second-order valence-electron chi connectivity index (χ2n) is 5.11. The standard InChI is InChI=1S/C16H24N2O2/c1-4-5-10-18(3)16(20)12-17-15(19)11-14-8-6-13(2)7-9-14/h6-9H,4-5,10-12H2,1-3H3,(H,17,19). The summed E-state index contributed by atoms with van der Waals surface area (Å²) in [6, 6.07) is 7.83. The third kappa shape index (κ3) is 5.87. The van der Waals surface area contributed by atoms with Gasteiger partial charge in [-0.25, -0.2) is 0 Å². The van der Waals surface area contributed by atoms with Crippen molar-refractivity contribution in [2.75, 3.05) is 20.1 Å². The molecule has 0 fully saturated rings. The highest BCUT2D eigenvalue weighted by Crippen LogP contribution is 2.03. The molecule has 0 aliphatic carbocycles. The van der Waals surface area contributed by atoms with E-state index >= 15 is 0 Å². The molecule has 0 heterocycles. The minimum Gasteiger partial charge on any atom is -0.347 e. The van der Waals surface area contributed by atoms with Gasteiger partial charge >= 0.3 is 0 Å². The van der Waals surface area contributed by atoms with Crippen LogP contribution in [0.15, 0.2) is 24.3 Å². The lowest BCUT2D eigenvalue weighted by molar-refractivity contribution is -0.131. The lowest BCUT2D eigenvalue weighted by atomic mass is 10.1. The van der Waals surface area contributed by atoms with Crippen LogP contribution in [0.5, 0.6) is 0 Å². The molecule has 0 radical (unpaired) electrons. The predicted octanol–water partition coefficient (Wildman–Crippen LogP) is 1.91. The molecule has 0 saturated carbocycles. The van der Waals surface area contributed by atoms with Crippen molar-refractivity contribution >= 4 is 11.8 Å². The fraction of sp³-hybridized carbons (Fsp3) is 0.500. The first-order chi connectivity index (χ1) is 9.52. The van der Waals surface area contributed by atoms with Gasteiger partial charge in [-0.3, -0.25) is 9.59 Å². The second-order valence-corrected chi connectivity index (χ2v) is 5.11. The van der Waals surface area contributed by atoms with Crippen LogP contribution < -0.4 is 5.32 Å². The zero-order valence-electron chi connectivity index (χ0n) is 12.6. The average molecular weight is 276 g/mol. The molecular weight excluding hydrogens is 252 g/mol. The summed E-state index contributed by atoms with van der Waals surface area (Å²) in [5.74, 6) is -0.165. The molecule has 110 valence electrons. The van der Waals surface area contributed by atoms with Crippen molar-refractivity contribution in [3.63, 3.8) is 0 Å². The Morgan fingerprint density at radius 3 is 2.45 bits per heavy atom. The molecule has 1 N–H and O–H groups in total. The van der Waals surface area contributed by atoms with Crippen molar-refractivity contribution in [1.82, 2.24) is 10.2 Å². The van der Waals surface area contributed by atoms with Gasteiger partial charge in [0.2, 0.25) is 11.8 Å². The third-order valence-electron chi connectivity index (χ3n) is 3.19. The molecule has 4 nitrogen and oxygen atoms in total. The highest BCUT2D eigenvalue weighted by Gasteiger charge is 2.10. The van der Waals surface area contributed by atoms with Crippen LogP contribution in [-0.2, 0) is 16.0 Å². The Kier molecular flexibility index (Phi) is 6.77. The summed E-state index contributed by atoms with van der Waals surface area (Å²) in [7, 11) is 1.77. The van der Waals surface area contributed by atoms with Gasteiger partial charge in [-0.1, -0.05) is 43.2 Å². The summed E-state index contributed by atoms with van der Waals surface area (Å²) >= 11 is 0. The van der Waals surface area contributed by atoms with Gasteiger partial charge in [0.15, 0.2) is 0 Å². The number of carbonyl (C=O) groups excluding carboxylic acids is 2. The van der Waals surface area contributed by atoms with Crippen LogP contribution in [-0.4, -0.2) is 36.9 Å². The quantitative estimate of drug-likeness (QED) is 0.827. The van der Waals surface area contributed by atoms with Crippen molar-refractivity contribution in [1.29, 1.82) is 0 Å². The van der Waals surface area contributed by atoms with Gasteiger partial charge in [-0.15, -0.1) is 0 Å². The van der Waals surface area contributed by atoms with Crippen molar-refractivity contribution in [2.45, 2.75) is 33.1 Å². The van der Waals surface area contributed by atoms with Crippen molar-refractivity contribution in [3.8, 4) is 0 Å². The van der Waals surface area contributed by atoms with E-state index in [1.54, 1.807) is 11.9 Å². The van der Waals surface area contributed by atoms with E-state index in [0.29, 0.717) is 6.42 Å². The summed E-state index contributed by atoms with van der Waals surface area (Å²) in [6.45, 7) is 4.91. The number of amides is 2. The molecule has 0 bridgehead atoms. The SMILES string of the molecule is CCCCN(C)C(=O)CNC(=O)Cc1ccc(C)cc1. The molecule has 4 heteroatoms. The lowest BCUT2D eigenvalue weighted by Gasteiger charge is -2.16. The zero-order chi connectivity index (χ0) is 15.0. The van der Waals surface area contributed by atoms with E-state index in [2.05, 4.69) is 12.2 Å². The Bertz CT molecular complexity index is 440. The Morgan fingerprint density at radius 1 is 1.20 bits per heavy atom. The Labute approximate surface area is 121 Å². The first-order valence-electron chi connectivity index (χ1n) is 7.09. The fourth-order valence-corrected chi connectivity index (χ4v) is 1.78. The van der Waals surface area contributed by atoms with Gasteiger partial charge in [0.05, 0.1) is 13.0 Å². The van der Waals surface area contributed by atoms with E-state index < -0.39 is 0 Å². The summed E-state index contributed by atoms with van der Waals surface area (Å²) in [6.07, 6.45) is 2.35. The lowest BCUT2D eigenvalue weighted by Crippen LogP contribution is -2.39. The van der Waals surface area contributed by atoms with Crippen molar-refractivity contribution in [2.24, 2.45) is 0 Å². The molecule has 1 aromatic carbocycles. The van der Waals surface area contributed by atoms with Crippen LogP contribution in [0.3, 0.4) is 0 Å². The van der Waals surface area contributed by atoms with E-state index in [9.17, 15) is 9.59 Å². The monoisotopic (exact) mass is 276 g/mol. The van der Waals surface area contributed by atoms with Crippen LogP contribution in [0.2, 0.25) is 0 Å². The van der Waals surface area contributed by atoms with Crippen molar-refractivity contribution < 1.29 is 9.59 Å². The number of hydrogen-bond donors (Lipinski definition) is 1. The highest BCUT2D eigenvalue weighted by atomic mass is 16.2. The second kappa shape index (κ2) is 8.35. The van der Waals surface area contributed by atoms with Gasteiger partial charge in [-0.2, -0.15) is 0 Å². The molecular formula is C16H24N2O2. The average Bonchev–Trinajstić information content (AvgIpc) is 2.44. The number of unbranched alkanes of at least 4 members (excludes halogenated alkanes) is 1. The smallest absolute Gasteiger partial charge is 0.241 e. The number of aryl methyl sites for hydroxylation is 1. The number of benzene rings is 1. The van der Waals surface area contributed by atoms with Crippen LogP contribution in [0.25, 0.3) is 0 Å². The number of nitrogens with one attached hydrogen (secondary N) is 1. The molecule has 0 aromatic heterocycles. The number of carbonyl (C=O) groups is 2. The minimum absolute atomic E-state index is 0.0456. The maximum atomic E-state index is 11.8. The van der Waals surface area contributed by atoms with Gasteiger partial charge in [0.1, 0.15) is 0 Å². The van der Waals surface area contributed by atoms with Crippen molar-refractivity contribution in [3.05, 3.63) is 35.4 Å². The van der Waals surface area contributed by atoms with Gasteiger partial charge in [0.25, 0.3) is 0 Å². The van der Waals surface area contributed by atoms with Crippen LogP contribution in [0, 0.1) is 6.92 Å². The number of rotatable bonds is 7. The van der Waals surface area contributed by atoms with E-state index in [1.807, 2.05) is 31.2 Å². The normalized spacial score (nSPS) is 10.2. The highest BCUT2D eigenvalue weighted by molar-refractivity contribution is 5.85. The zero-order valence-corrected chi connectivity index (χ0v) is 12.6. The fourth-order valence-electron chi connectivity index (χ4n) is 1.78. The molecule has 0 saturated heterocycles. The van der Waals surface area contributed by atoms with Crippen LogP contribution in [0.4, 0.5) is 0 Å². The van der Waals surface area contributed by atoms with Crippen LogP contribution >= 0.6 is 0 Å². The summed E-state index contributed by atoms with van der Waals surface area (Å²) < 4.78 is 0. The first kappa shape index (κ1) is 16.2. The Hall–Kier alpha value is -1.84. The number of likely N-dealkylation sites (N-methyl/N-ethyl adjacent to an activating group) is 1. The summed E-state index contributed by atoms with van der Waals surface area (Å²) in [5.41, 5.74) is 2.13. The van der Waals surface area contributed by atoms with E-state index in [0.717, 1.165) is 24.9 Å². The number of nitrogens with zero attached hydrogens (tertiary/aromatic N) is 1. The topological polar surface area (TPSA) is 49.4 Å². The van der Waals surface area contributed by atoms with E-state index in [4.69, 9.17) is 0 Å². The summed E-state index contributed by atoms with van der Waals surface area (Å²) in [5, 5.41) is 2.67. The molecule has 0 atom stereocenters. The molecule has 0 aliphatic heterocycles. The summed E-state index contributed by atoms with van der Waals surface area (Å²) in [4.78, 5) is 25.2. The van der Waals surface area contributed by atoms with E-state index in [1.165, 1.54) is 5.56 Å². The Morgan fingerprint density at radius 2 is 1.85 bits per heavy atom. The molecule has 0 unspecified atom stereocenters. The maximum Gasteiger partial charge on any atom is 0.241 e. The predicted molar refractivity (Wildman–Crippen MR) is 80.4 cm³/mol. The molecule has 0 spiro atoms. The number of hydrogen-bond acceptors (Lipinski definition) is 2. The minimum atomic E-state index is -0.119. The third-order valence-corrected chi connectivity index (χ3v) is 3.19. The van der Waals surface area contributed by atoms with Gasteiger partial charge < -0.3 is 10.2 Å². The van der Waals surface area contributed by atoms with Gasteiger partial charge in [-0.05, 0) is 18.9 Å². The molecule has 20 heavy (non-hydrogen) atoms.